The Bertz CT molecular complexity index is 652. The summed E-state index contributed by atoms with van der Waals surface area (Å²) in [6, 6.07) is 6.51. The van der Waals surface area contributed by atoms with Crippen molar-refractivity contribution in [3.05, 3.63) is 35.9 Å². The molecule has 128 valence electrons. The number of hydrogen-bond acceptors (Lipinski definition) is 3. The van der Waals surface area contributed by atoms with Crippen molar-refractivity contribution in [1.29, 1.82) is 0 Å². The van der Waals surface area contributed by atoms with Gasteiger partial charge in [-0.3, -0.25) is 4.79 Å². The average molecular weight is 338 g/mol. The summed E-state index contributed by atoms with van der Waals surface area (Å²) in [4.78, 5) is 12.0. The van der Waals surface area contributed by atoms with Crippen molar-refractivity contribution in [1.82, 2.24) is 9.62 Å². The molecule has 0 radical (unpaired) electrons. The number of sulfonamides is 1. The van der Waals surface area contributed by atoms with E-state index in [0.717, 1.165) is 5.56 Å². The summed E-state index contributed by atoms with van der Waals surface area (Å²) in [5.41, 5.74) is 0.482. The number of benzene rings is 1. The average Bonchev–Trinajstić information content (AvgIpc) is 2.45. The Balaban J connectivity index is 2.87. The molecule has 0 spiro atoms. The van der Waals surface area contributed by atoms with Crippen molar-refractivity contribution in [2.75, 3.05) is 13.1 Å². The molecule has 1 aromatic carbocycles. The van der Waals surface area contributed by atoms with Crippen LogP contribution in [0.25, 0.3) is 6.08 Å². The molecule has 0 fully saturated rings. The van der Waals surface area contributed by atoms with E-state index in [4.69, 9.17) is 0 Å². The molecule has 0 heterocycles. The largest absolute Gasteiger partial charge is 0.348 e. The van der Waals surface area contributed by atoms with Crippen LogP contribution < -0.4 is 5.32 Å². The zero-order valence-corrected chi connectivity index (χ0v) is 15.3. The second kappa shape index (κ2) is 7.75. The number of hydrogen-bond donors (Lipinski definition) is 1. The van der Waals surface area contributed by atoms with Crippen LogP contribution in [0, 0.1) is 0 Å². The SMILES string of the molecule is CCN(CC)S(=O)(=O)c1ccc(C=CC(=O)NC(C)(C)C)cc1. The standard InChI is InChI=1S/C17H26N2O3S/c1-6-19(7-2)23(21,22)15-11-8-14(9-12-15)10-13-16(20)18-17(3,4)5/h8-13H,6-7H2,1-5H3,(H,18,20). The lowest BCUT2D eigenvalue weighted by Gasteiger charge is -2.19. The van der Waals surface area contributed by atoms with Gasteiger partial charge in [0.1, 0.15) is 0 Å². The third kappa shape index (κ3) is 5.80. The second-order valence-electron chi connectivity index (χ2n) is 6.23. The number of rotatable bonds is 6. The Morgan fingerprint density at radius 1 is 1.13 bits per heavy atom. The lowest BCUT2D eigenvalue weighted by atomic mass is 10.1. The molecule has 0 atom stereocenters. The third-order valence-corrected chi connectivity index (χ3v) is 5.21. The molecule has 6 heteroatoms. The van der Waals surface area contributed by atoms with Crippen molar-refractivity contribution >= 4 is 22.0 Å². The Morgan fingerprint density at radius 2 is 1.65 bits per heavy atom. The maximum Gasteiger partial charge on any atom is 0.244 e. The second-order valence-corrected chi connectivity index (χ2v) is 8.17. The first-order chi connectivity index (χ1) is 10.6. The summed E-state index contributed by atoms with van der Waals surface area (Å²) in [7, 11) is -3.44. The zero-order valence-electron chi connectivity index (χ0n) is 14.5. The van der Waals surface area contributed by atoms with Crippen molar-refractivity contribution < 1.29 is 13.2 Å². The third-order valence-electron chi connectivity index (χ3n) is 3.15. The molecule has 5 nitrogen and oxygen atoms in total. The van der Waals surface area contributed by atoms with Crippen molar-refractivity contribution in [2.24, 2.45) is 0 Å². The molecule has 1 amide bonds. The summed E-state index contributed by atoms with van der Waals surface area (Å²) >= 11 is 0. The van der Waals surface area contributed by atoms with Crippen LogP contribution in [-0.2, 0) is 14.8 Å². The van der Waals surface area contributed by atoms with Crippen LogP contribution in [0.4, 0.5) is 0 Å². The summed E-state index contributed by atoms with van der Waals surface area (Å²) in [5, 5.41) is 2.83. The molecule has 0 aromatic heterocycles. The molecule has 0 bridgehead atoms. The van der Waals surface area contributed by atoms with Crippen LogP contribution in [0.1, 0.15) is 40.2 Å². The Hall–Kier alpha value is -1.66. The summed E-state index contributed by atoms with van der Waals surface area (Å²) in [6.07, 6.45) is 3.11. The molecule has 0 aliphatic heterocycles. The van der Waals surface area contributed by atoms with Gasteiger partial charge in [0.2, 0.25) is 15.9 Å². The molecule has 23 heavy (non-hydrogen) atoms. The minimum absolute atomic E-state index is 0.183. The Morgan fingerprint density at radius 3 is 2.09 bits per heavy atom. The van der Waals surface area contributed by atoms with Crippen LogP contribution in [0.2, 0.25) is 0 Å². The van der Waals surface area contributed by atoms with Gasteiger partial charge in [0.15, 0.2) is 0 Å². The molecule has 1 rings (SSSR count). The van der Waals surface area contributed by atoms with E-state index in [1.807, 2.05) is 34.6 Å². The minimum Gasteiger partial charge on any atom is -0.348 e. The van der Waals surface area contributed by atoms with Crippen LogP contribution in [0.15, 0.2) is 35.2 Å². The highest BCUT2D eigenvalue weighted by atomic mass is 32.2. The summed E-state index contributed by atoms with van der Waals surface area (Å²) in [5.74, 6) is -0.183. The first-order valence-electron chi connectivity index (χ1n) is 7.70. The predicted molar refractivity (Wildman–Crippen MR) is 93.5 cm³/mol. The quantitative estimate of drug-likeness (QED) is 0.811. The minimum atomic E-state index is -3.44. The van der Waals surface area contributed by atoms with Crippen LogP contribution in [0.3, 0.4) is 0 Å². The van der Waals surface area contributed by atoms with E-state index in [9.17, 15) is 13.2 Å². The lowest BCUT2D eigenvalue weighted by Crippen LogP contribution is -2.39. The number of amides is 1. The maximum absolute atomic E-state index is 12.4. The van der Waals surface area contributed by atoms with Crippen molar-refractivity contribution in [2.45, 2.75) is 45.1 Å². The monoisotopic (exact) mass is 338 g/mol. The van der Waals surface area contributed by atoms with Gasteiger partial charge in [-0.1, -0.05) is 26.0 Å². The van der Waals surface area contributed by atoms with E-state index in [0.29, 0.717) is 13.1 Å². The van der Waals surface area contributed by atoms with Gasteiger partial charge in [-0.15, -0.1) is 0 Å². The first kappa shape index (κ1) is 19.4. The van der Waals surface area contributed by atoms with Gasteiger partial charge in [0, 0.05) is 24.7 Å². The first-order valence-corrected chi connectivity index (χ1v) is 9.14. The summed E-state index contributed by atoms with van der Waals surface area (Å²) < 4.78 is 26.2. The van der Waals surface area contributed by atoms with Gasteiger partial charge in [-0.25, -0.2) is 8.42 Å². The van der Waals surface area contributed by atoms with Gasteiger partial charge in [0.25, 0.3) is 0 Å². The van der Waals surface area contributed by atoms with Crippen molar-refractivity contribution in [3.8, 4) is 0 Å². The van der Waals surface area contributed by atoms with E-state index in [-0.39, 0.29) is 16.3 Å². The van der Waals surface area contributed by atoms with Gasteiger partial charge < -0.3 is 5.32 Å². The number of carbonyl (C=O) groups excluding carboxylic acids is 1. The molecule has 0 aliphatic carbocycles. The molecular weight excluding hydrogens is 312 g/mol. The fourth-order valence-corrected chi connectivity index (χ4v) is 3.50. The normalized spacial score (nSPS) is 12.8. The topological polar surface area (TPSA) is 66.5 Å². The number of nitrogens with zero attached hydrogens (tertiary/aromatic N) is 1. The lowest BCUT2D eigenvalue weighted by molar-refractivity contribution is -0.117. The highest BCUT2D eigenvalue weighted by Gasteiger charge is 2.20. The van der Waals surface area contributed by atoms with Crippen LogP contribution in [0.5, 0.6) is 0 Å². The van der Waals surface area contributed by atoms with E-state index in [1.165, 1.54) is 10.4 Å². The smallest absolute Gasteiger partial charge is 0.244 e. The molecule has 0 unspecified atom stereocenters. The van der Waals surface area contributed by atoms with E-state index in [2.05, 4.69) is 5.32 Å². The Labute approximate surface area is 139 Å². The predicted octanol–water partition coefficient (Wildman–Crippen LogP) is 2.65. The number of nitrogens with one attached hydrogen (secondary N) is 1. The maximum atomic E-state index is 12.4. The van der Waals surface area contributed by atoms with Gasteiger partial charge in [0.05, 0.1) is 4.90 Å². The van der Waals surface area contributed by atoms with Crippen LogP contribution >= 0.6 is 0 Å². The molecule has 0 saturated heterocycles. The zero-order chi connectivity index (χ0) is 17.7. The molecule has 1 aromatic rings. The fourth-order valence-electron chi connectivity index (χ4n) is 2.05. The highest BCUT2D eigenvalue weighted by Crippen LogP contribution is 2.16. The van der Waals surface area contributed by atoms with E-state index in [1.54, 1.807) is 30.3 Å². The molecule has 1 N–H and O–H groups in total. The molecular formula is C17H26N2O3S. The Kier molecular flexibility index (Phi) is 6.53. The summed E-state index contributed by atoms with van der Waals surface area (Å²) in [6.45, 7) is 10.2. The van der Waals surface area contributed by atoms with Gasteiger partial charge in [-0.2, -0.15) is 4.31 Å². The fraction of sp³-hybridized carbons (Fsp3) is 0.471. The molecule has 0 saturated carbocycles. The van der Waals surface area contributed by atoms with E-state index >= 15 is 0 Å². The number of carbonyl (C=O) groups is 1. The van der Waals surface area contributed by atoms with Crippen LogP contribution in [-0.4, -0.2) is 37.3 Å². The molecule has 0 aliphatic rings. The van der Waals surface area contributed by atoms with E-state index < -0.39 is 10.0 Å². The van der Waals surface area contributed by atoms with Gasteiger partial charge in [-0.05, 0) is 44.5 Å². The van der Waals surface area contributed by atoms with Crippen molar-refractivity contribution in [3.63, 3.8) is 0 Å². The van der Waals surface area contributed by atoms with Gasteiger partial charge >= 0.3 is 0 Å². The highest BCUT2D eigenvalue weighted by molar-refractivity contribution is 7.89.